The number of hydrogen-bond donors (Lipinski definition) is 2. The minimum atomic E-state index is -0.633. The van der Waals surface area contributed by atoms with Gasteiger partial charge in [-0.3, -0.25) is 9.59 Å². The molecule has 6 heteroatoms. The maximum Gasteiger partial charge on any atom is 0.309 e. The van der Waals surface area contributed by atoms with E-state index in [0.717, 1.165) is 11.8 Å². The van der Waals surface area contributed by atoms with Gasteiger partial charge in [-0.25, -0.2) is 0 Å². The highest BCUT2D eigenvalue weighted by Gasteiger charge is 2.57. The van der Waals surface area contributed by atoms with E-state index in [9.17, 15) is 9.59 Å². The average molecular weight is 346 g/mol. The van der Waals surface area contributed by atoms with E-state index >= 15 is 0 Å². The Morgan fingerprint density at radius 1 is 1.12 bits per heavy atom. The molecule has 2 N–H and O–H groups in total. The van der Waals surface area contributed by atoms with Gasteiger partial charge in [0.05, 0.1) is 18.4 Å². The number of methoxy groups -OCH3 is 1. The summed E-state index contributed by atoms with van der Waals surface area (Å²) in [4.78, 5) is 24.2. The van der Waals surface area contributed by atoms with E-state index < -0.39 is 11.8 Å². The van der Waals surface area contributed by atoms with E-state index in [2.05, 4.69) is 10.6 Å². The van der Waals surface area contributed by atoms with Crippen LogP contribution in [0.1, 0.15) is 37.9 Å². The van der Waals surface area contributed by atoms with Crippen molar-refractivity contribution in [1.29, 1.82) is 0 Å². The molecule has 1 aromatic heterocycles. The van der Waals surface area contributed by atoms with Crippen molar-refractivity contribution in [2.75, 3.05) is 13.7 Å². The van der Waals surface area contributed by atoms with Gasteiger partial charge in [0, 0.05) is 13.7 Å². The molecule has 0 unspecified atom stereocenters. The van der Waals surface area contributed by atoms with E-state index in [0.29, 0.717) is 24.1 Å². The maximum atomic E-state index is 12.2. The first-order valence-electron chi connectivity index (χ1n) is 9.24. The summed E-state index contributed by atoms with van der Waals surface area (Å²) < 4.78 is 11.2. The molecule has 5 rings (SSSR count). The van der Waals surface area contributed by atoms with Crippen molar-refractivity contribution in [3.63, 3.8) is 0 Å². The van der Waals surface area contributed by atoms with Crippen LogP contribution in [-0.2, 0) is 20.9 Å². The van der Waals surface area contributed by atoms with Crippen LogP contribution < -0.4 is 10.6 Å². The number of rotatable bonds is 5. The molecule has 0 aliphatic heterocycles. The van der Waals surface area contributed by atoms with Crippen molar-refractivity contribution < 1.29 is 18.7 Å². The minimum absolute atomic E-state index is 0.212. The summed E-state index contributed by atoms with van der Waals surface area (Å²) in [7, 11) is 1.76. The molecule has 0 radical (unpaired) electrons. The predicted molar refractivity (Wildman–Crippen MR) is 90.3 cm³/mol. The Balaban J connectivity index is 1.34. The lowest BCUT2D eigenvalue weighted by atomic mass is 9.49. The van der Waals surface area contributed by atoms with Crippen LogP contribution in [0.25, 0.3) is 0 Å². The lowest BCUT2D eigenvalue weighted by molar-refractivity contribution is -0.188. The summed E-state index contributed by atoms with van der Waals surface area (Å²) in [5.41, 5.74) is -0.301. The van der Waals surface area contributed by atoms with Crippen LogP contribution in [0.2, 0.25) is 0 Å². The zero-order valence-corrected chi connectivity index (χ0v) is 14.6. The zero-order valence-electron chi connectivity index (χ0n) is 14.6. The molecule has 4 bridgehead atoms. The third-order valence-corrected chi connectivity index (χ3v) is 6.63. The van der Waals surface area contributed by atoms with Gasteiger partial charge in [-0.1, -0.05) is 0 Å². The summed E-state index contributed by atoms with van der Waals surface area (Å²) in [6, 6.07) is 3.50. The molecule has 0 atom stereocenters. The first-order valence-corrected chi connectivity index (χ1v) is 9.24. The summed E-state index contributed by atoms with van der Waals surface area (Å²) in [5, 5.41) is 5.41. The van der Waals surface area contributed by atoms with Crippen LogP contribution in [0, 0.1) is 23.7 Å². The summed E-state index contributed by atoms with van der Waals surface area (Å²) in [6.07, 6.45) is 7.69. The minimum Gasteiger partial charge on any atom is -0.467 e. The molecule has 4 aliphatic carbocycles. The Hall–Kier alpha value is -1.82. The summed E-state index contributed by atoms with van der Waals surface area (Å²) in [6.45, 7) is 0.633. The van der Waals surface area contributed by atoms with Crippen molar-refractivity contribution in [3.8, 4) is 0 Å². The molecule has 0 spiro atoms. The fraction of sp³-hybridized carbons (Fsp3) is 0.684. The number of furan rings is 1. The van der Waals surface area contributed by atoms with E-state index in [1.807, 2.05) is 0 Å². The zero-order chi connectivity index (χ0) is 17.4. The molecule has 136 valence electrons. The van der Waals surface area contributed by atoms with E-state index in [1.165, 1.54) is 38.4 Å². The maximum absolute atomic E-state index is 12.2. The third-order valence-electron chi connectivity index (χ3n) is 6.63. The van der Waals surface area contributed by atoms with E-state index in [1.54, 1.807) is 19.2 Å². The highest BCUT2D eigenvalue weighted by molar-refractivity contribution is 6.35. The van der Waals surface area contributed by atoms with Gasteiger partial charge in [-0.15, -0.1) is 0 Å². The summed E-state index contributed by atoms with van der Waals surface area (Å²) in [5.74, 6) is 2.05. The molecule has 4 aliphatic rings. The van der Waals surface area contributed by atoms with Gasteiger partial charge in [0.2, 0.25) is 0 Å². The lowest BCUT2D eigenvalue weighted by Gasteiger charge is -2.60. The number of nitrogens with one attached hydrogen (secondary N) is 2. The number of carbonyl (C=O) groups excluding carboxylic acids is 2. The normalized spacial score (nSPS) is 35.6. The molecule has 6 nitrogen and oxygen atoms in total. The third kappa shape index (κ3) is 2.97. The van der Waals surface area contributed by atoms with Gasteiger partial charge in [-0.2, -0.15) is 0 Å². The molecule has 4 saturated carbocycles. The molecule has 25 heavy (non-hydrogen) atoms. The molecule has 0 aromatic carbocycles. The Morgan fingerprint density at radius 2 is 1.76 bits per heavy atom. The topological polar surface area (TPSA) is 80.6 Å². The average Bonchev–Trinajstić information content (AvgIpc) is 3.12. The molecular formula is C19H26N2O4. The van der Waals surface area contributed by atoms with Crippen LogP contribution >= 0.6 is 0 Å². The van der Waals surface area contributed by atoms with Gasteiger partial charge >= 0.3 is 11.8 Å². The number of amides is 2. The Bertz CT molecular complexity index is 612. The monoisotopic (exact) mass is 346 g/mol. The fourth-order valence-corrected chi connectivity index (χ4v) is 5.64. The largest absolute Gasteiger partial charge is 0.467 e. The molecule has 4 fully saturated rings. The molecule has 1 aromatic rings. The van der Waals surface area contributed by atoms with Crippen LogP contribution in [0.15, 0.2) is 22.8 Å². The van der Waals surface area contributed by atoms with Crippen molar-refractivity contribution in [2.45, 2.75) is 44.2 Å². The molecule has 2 amide bonds. The van der Waals surface area contributed by atoms with Crippen LogP contribution in [0.5, 0.6) is 0 Å². The van der Waals surface area contributed by atoms with Crippen molar-refractivity contribution >= 4 is 11.8 Å². The van der Waals surface area contributed by atoms with Crippen LogP contribution in [0.4, 0.5) is 0 Å². The SMILES string of the molecule is COC1(CNC(=O)C(=O)NCc2ccco2)C2CC3CC(C2)CC1C3. The highest BCUT2D eigenvalue weighted by atomic mass is 16.5. The van der Waals surface area contributed by atoms with E-state index in [-0.39, 0.29) is 12.1 Å². The Kier molecular flexibility index (Phi) is 4.31. The smallest absolute Gasteiger partial charge is 0.309 e. The standard InChI is InChI=1S/C19H26N2O4/c1-24-19(14-6-12-5-13(8-14)9-15(19)7-12)11-21-18(23)17(22)20-10-16-3-2-4-25-16/h2-4,12-15H,5-11H2,1H3,(H,20,22)(H,21,23). The first-order chi connectivity index (χ1) is 12.1. The molecule has 1 heterocycles. The molecular weight excluding hydrogens is 320 g/mol. The fourth-order valence-electron chi connectivity index (χ4n) is 5.64. The van der Waals surface area contributed by atoms with E-state index in [4.69, 9.17) is 9.15 Å². The number of carbonyl (C=O) groups is 2. The quantitative estimate of drug-likeness (QED) is 0.798. The van der Waals surface area contributed by atoms with Gasteiger partial charge in [-0.05, 0) is 67.9 Å². The van der Waals surface area contributed by atoms with Gasteiger partial charge in [0.25, 0.3) is 0 Å². The summed E-state index contributed by atoms with van der Waals surface area (Å²) >= 11 is 0. The highest BCUT2D eigenvalue weighted by Crippen LogP contribution is 2.59. The van der Waals surface area contributed by atoms with Crippen molar-refractivity contribution in [3.05, 3.63) is 24.2 Å². The second kappa shape index (κ2) is 6.48. The number of hydrogen-bond acceptors (Lipinski definition) is 4. The predicted octanol–water partition coefficient (Wildman–Crippen LogP) is 1.85. The van der Waals surface area contributed by atoms with Gasteiger partial charge in [0.1, 0.15) is 5.76 Å². The van der Waals surface area contributed by atoms with Gasteiger partial charge < -0.3 is 19.8 Å². The second-order valence-corrected chi connectivity index (χ2v) is 7.91. The lowest BCUT2D eigenvalue weighted by Crippen LogP contribution is -2.63. The van der Waals surface area contributed by atoms with Gasteiger partial charge in [0.15, 0.2) is 0 Å². The first kappa shape index (κ1) is 16.6. The second-order valence-electron chi connectivity index (χ2n) is 7.91. The number of ether oxygens (including phenoxy) is 1. The van der Waals surface area contributed by atoms with Crippen molar-refractivity contribution in [2.24, 2.45) is 23.7 Å². The Labute approximate surface area is 147 Å². The Morgan fingerprint density at radius 3 is 2.32 bits per heavy atom. The van der Waals surface area contributed by atoms with Crippen LogP contribution in [-0.4, -0.2) is 31.1 Å². The van der Waals surface area contributed by atoms with Crippen molar-refractivity contribution in [1.82, 2.24) is 10.6 Å². The van der Waals surface area contributed by atoms with Crippen LogP contribution in [0.3, 0.4) is 0 Å². The molecule has 0 saturated heterocycles.